The Labute approximate surface area is 183 Å². The summed E-state index contributed by atoms with van der Waals surface area (Å²) >= 11 is 0. The quantitative estimate of drug-likeness (QED) is 0.261. The largest absolute Gasteiger partial charge is 0.465 e. The zero-order valence-electron chi connectivity index (χ0n) is 17.6. The van der Waals surface area contributed by atoms with E-state index < -0.39 is 5.97 Å². The van der Waals surface area contributed by atoms with Gasteiger partial charge in [-0.05, 0) is 29.7 Å². The van der Waals surface area contributed by atoms with Crippen LogP contribution in [0.15, 0.2) is 85.1 Å². The molecule has 3 rings (SSSR count). The molecule has 5 nitrogen and oxygen atoms in total. The van der Waals surface area contributed by atoms with Crippen molar-refractivity contribution in [3.05, 3.63) is 102 Å². The number of esters is 1. The average molecular weight is 417 g/mol. The van der Waals surface area contributed by atoms with Gasteiger partial charge in [0.15, 0.2) is 0 Å². The minimum atomic E-state index is -0.391. The summed E-state index contributed by atoms with van der Waals surface area (Å²) in [6.07, 6.45) is 3.06. The lowest BCUT2D eigenvalue weighted by molar-refractivity contribution is -0.142. The van der Waals surface area contributed by atoms with Crippen LogP contribution in [0.5, 0.6) is 0 Å². The Morgan fingerprint density at radius 2 is 1.52 bits per heavy atom. The Hall–Kier alpha value is -3.31. The van der Waals surface area contributed by atoms with Crippen LogP contribution in [0.3, 0.4) is 0 Å². The molecule has 160 valence electrons. The van der Waals surface area contributed by atoms with Crippen molar-refractivity contribution >= 4 is 11.7 Å². The molecule has 5 heteroatoms. The number of carbonyl (C=O) groups is 1. The van der Waals surface area contributed by atoms with Crippen LogP contribution >= 0.6 is 0 Å². The van der Waals surface area contributed by atoms with E-state index in [1.54, 1.807) is 6.20 Å². The lowest BCUT2D eigenvalue weighted by atomic mass is 9.89. The fourth-order valence-corrected chi connectivity index (χ4v) is 3.38. The third-order valence-electron chi connectivity index (χ3n) is 4.94. The summed E-state index contributed by atoms with van der Waals surface area (Å²) in [5, 5.41) is 7.95. The SMILES string of the molecule is N=C(COCCc1ccccn1)CC(=O)OCCC(c1ccccc1)c1ccccc1. The van der Waals surface area contributed by atoms with Crippen LogP contribution < -0.4 is 0 Å². The number of pyridine rings is 1. The number of nitrogens with one attached hydrogen (secondary N) is 1. The molecule has 0 aliphatic heterocycles. The second kappa shape index (κ2) is 12.4. The topological polar surface area (TPSA) is 72.3 Å². The van der Waals surface area contributed by atoms with Gasteiger partial charge in [0, 0.05) is 29.9 Å². The van der Waals surface area contributed by atoms with Crippen LogP contribution in [0.25, 0.3) is 0 Å². The Balaban J connectivity index is 1.39. The van der Waals surface area contributed by atoms with Gasteiger partial charge in [0.25, 0.3) is 0 Å². The van der Waals surface area contributed by atoms with E-state index in [4.69, 9.17) is 14.9 Å². The first-order valence-electron chi connectivity index (χ1n) is 10.5. The molecule has 0 fully saturated rings. The van der Waals surface area contributed by atoms with E-state index in [0.29, 0.717) is 26.1 Å². The normalized spacial score (nSPS) is 10.7. The van der Waals surface area contributed by atoms with E-state index in [9.17, 15) is 4.79 Å². The summed E-state index contributed by atoms with van der Waals surface area (Å²) in [5.41, 5.74) is 3.55. The van der Waals surface area contributed by atoms with E-state index in [1.165, 1.54) is 11.1 Å². The smallest absolute Gasteiger partial charge is 0.311 e. The van der Waals surface area contributed by atoms with E-state index >= 15 is 0 Å². The fourth-order valence-electron chi connectivity index (χ4n) is 3.38. The Morgan fingerprint density at radius 1 is 0.871 bits per heavy atom. The second-order valence-electron chi connectivity index (χ2n) is 7.29. The number of aromatic nitrogens is 1. The van der Waals surface area contributed by atoms with Gasteiger partial charge in [-0.3, -0.25) is 9.78 Å². The first-order chi connectivity index (χ1) is 15.2. The van der Waals surface area contributed by atoms with Crippen molar-refractivity contribution in [1.82, 2.24) is 4.98 Å². The molecule has 1 aromatic heterocycles. The highest BCUT2D eigenvalue weighted by Crippen LogP contribution is 2.27. The van der Waals surface area contributed by atoms with Crippen molar-refractivity contribution in [2.75, 3.05) is 19.8 Å². The molecular formula is C26H28N2O3. The van der Waals surface area contributed by atoms with Gasteiger partial charge in [-0.15, -0.1) is 0 Å². The van der Waals surface area contributed by atoms with Gasteiger partial charge in [0.2, 0.25) is 0 Å². The van der Waals surface area contributed by atoms with Crippen LogP contribution in [0.4, 0.5) is 0 Å². The highest BCUT2D eigenvalue weighted by molar-refractivity contribution is 5.97. The van der Waals surface area contributed by atoms with Crippen LogP contribution in [0.1, 0.15) is 35.6 Å². The molecule has 0 amide bonds. The summed E-state index contributed by atoms with van der Waals surface area (Å²) in [4.78, 5) is 16.4. The molecule has 0 unspecified atom stereocenters. The third kappa shape index (κ3) is 7.79. The molecule has 3 aromatic rings. The Morgan fingerprint density at radius 3 is 2.13 bits per heavy atom. The summed E-state index contributed by atoms with van der Waals surface area (Å²) in [7, 11) is 0. The van der Waals surface area contributed by atoms with E-state index in [1.807, 2.05) is 54.6 Å². The van der Waals surface area contributed by atoms with Crippen molar-refractivity contribution in [2.24, 2.45) is 0 Å². The molecule has 0 saturated carbocycles. The maximum Gasteiger partial charge on any atom is 0.311 e. The number of benzene rings is 2. The number of rotatable bonds is 12. The summed E-state index contributed by atoms with van der Waals surface area (Å²) in [6, 6.07) is 26.2. The fraction of sp³-hybridized carbons (Fsp3) is 0.269. The number of carbonyl (C=O) groups excluding carboxylic acids is 1. The third-order valence-corrected chi connectivity index (χ3v) is 4.94. The highest BCUT2D eigenvalue weighted by atomic mass is 16.5. The molecule has 0 bridgehead atoms. The first-order valence-corrected chi connectivity index (χ1v) is 10.5. The van der Waals surface area contributed by atoms with Gasteiger partial charge >= 0.3 is 5.97 Å². The lowest BCUT2D eigenvalue weighted by Crippen LogP contribution is -2.17. The molecule has 1 heterocycles. The molecule has 0 spiro atoms. The minimum Gasteiger partial charge on any atom is -0.465 e. The molecule has 0 saturated heterocycles. The predicted molar refractivity (Wildman–Crippen MR) is 121 cm³/mol. The van der Waals surface area contributed by atoms with Gasteiger partial charge in [0.1, 0.15) is 0 Å². The maximum atomic E-state index is 12.1. The molecule has 1 N–H and O–H groups in total. The zero-order valence-corrected chi connectivity index (χ0v) is 17.6. The number of ether oxygens (including phenoxy) is 2. The number of nitrogens with zero attached hydrogens (tertiary/aromatic N) is 1. The molecule has 0 radical (unpaired) electrons. The highest BCUT2D eigenvalue weighted by Gasteiger charge is 2.15. The zero-order chi connectivity index (χ0) is 21.7. The number of hydrogen-bond donors (Lipinski definition) is 1. The predicted octanol–water partition coefficient (Wildman–Crippen LogP) is 4.82. The maximum absolute atomic E-state index is 12.1. The molecule has 0 aliphatic rings. The van der Waals surface area contributed by atoms with E-state index in [0.717, 1.165) is 5.69 Å². The molecular weight excluding hydrogens is 388 g/mol. The van der Waals surface area contributed by atoms with Crippen LogP contribution in [-0.2, 0) is 20.7 Å². The van der Waals surface area contributed by atoms with Gasteiger partial charge < -0.3 is 14.9 Å². The standard InChI is InChI=1S/C26H28N2O3/c27-23(20-30-17-14-24-13-7-8-16-28-24)19-26(29)31-18-15-25(21-9-3-1-4-10-21)22-11-5-2-6-12-22/h1-13,16,25,27H,14-15,17-20H2. The van der Waals surface area contributed by atoms with Crippen molar-refractivity contribution < 1.29 is 14.3 Å². The summed E-state index contributed by atoms with van der Waals surface area (Å²) in [6.45, 7) is 0.893. The van der Waals surface area contributed by atoms with Crippen molar-refractivity contribution in [3.8, 4) is 0 Å². The van der Waals surface area contributed by atoms with Gasteiger partial charge in [-0.1, -0.05) is 66.7 Å². The Bertz CT molecular complexity index is 891. The molecule has 0 atom stereocenters. The van der Waals surface area contributed by atoms with Crippen molar-refractivity contribution in [2.45, 2.75) is 25.2 Å². The monoisotopic (exact) mass is 416 g/mol. The minimum absolute atomic E-state index is 0.0507. The van der Waals surface area contributed by atoms with Gasteiger partial charge in [-0.25, -0.2) is 0 Å². The van der Waals surface area contributed by atoms with Crippen molar-refractivity contribution in [3.63, 3.8) is 0 Å². The van der Waals surface area contributed by atoms with E-state index in [-0.39, 0.29) is 24.7 Å². The summed E-state index contributed by atoms with van der Waals surface area (Å²) < 4.78 is 10.9. The molecule has 2 aromatic carbocycles. The summed E-state index contributed by atoms with van der Waals surface area (Å²) in [5.74, 6) is -0.234. The molecule has 31 heavy (non-hydrogen) atoms. The van der Waals surface area contributed by atoms with Crippen molar-refractivity contribution in [1.29, 1.82) is 5.41 Å². The van der Waals surface area contributed by atoms with Gasteiger partial charge in [0.05, 0.1) is 26.2 Å². The number of hydrogen-bond acceptors (Lipinski definition) is 5. The van der Waals surface area contributed by atoms with E-state index in [2.05, 4.69) is 29.2 Å². The first kappa shape index (κ1) is 22.4. The van der Waals surface area contributed by atoms with Crippen LogP contribution in [0.2, 0.25) is 0 Å². The lowest BCUT2D eigenvalue weighted by Gasteiger charge is -2.18. The molecule has 0 aliphatic carbocycles. The Kier molecular flexibility index (Phi) is 8.95. The average Bonchev–Trinajstić information content (AvgIpc) is 2.81. The van der Waals surface area contributed by atoms with Crippen LogP contribution in [-0.4, -0.2) is 36.5 Å². The van der Waals surface area contributed by atoms with Gasteiger partial charge in [-0.2, -0.15) is 0 Å². The van der Waals surface area contributed by atoms with Crippen LogP contribution in [0, 0.1) is 5.41 Å². The second-order valence-corrected chi connectivity index (χ2v) is 7.29.